The first kappa shape index (κ1) is 24.6. The van der Waals surface area contributed by atoms with E-state index in [2.05, 4.69) is 5.32 Å². The van der Waals surface area contributed by atoms with Gasteiger partial charge in [-0.25, -0.2) is 13.6 Å². The minimum Gasteiger partial charge on any atom is -0.480 e. The highest BCUT2D eigenvalue weighted by atomic mass is 35.5. The number of ether oxygens (including phenoxy) is 2. The Bertz CT molecular complexity index is 1430. The largest absolute Gasteiger partial charge is 0.480 e. The lowest BCUT2D eigenvalue weighted by Gasteiger charge is -2.14. The molecular weight excluding hydrogens is 480 g/mol. The third-order valence-electron chi connectivity index (χ3n) is 4.46. The molecule has 0 unspecified atom stereocenters. The SMILES string of the molecule is Cc1cc(S(N)(=O)=O)ccc1NC(=O)COc1ccc(Cl)cc1Oc1cc(C#N)cc(C#N)c1. The summed E-state index contributed by atoms with van der Waals surface area (Å²) in [6, 6.07) is 16.8. The van der Waals surface area contributed by atoms with Gasteiger partial charge in [-0.2, -0.15) is 10.5 Å². The van der Waals surface area contributed by atoms with Crippen molar-refractivity contribution >= 4 is 33.2 Å². The summed E-state index contributed by atoms with van der Waals surface area (Å²) in [6.07, 6.45) is 0. The predicted octanol–water partition coefficient (Wildman–Crippen LogP) is 3.85. The number of benzene rings is 3. The molecule has 0 aromatic heterocycles. The van der Waals surface area contributed by atoms with Crippen LogP contribution in [0.2, 0.25) is 5.02 Å². The van der Waals surface area contributed by atoms with E-state index in [9.17, 15) is 13.2 Å². The molecule has 172 valence electrons. The zero-order valence-electron chi connectivity index (χ0n) is 17.7. The lowest BCUT2D eigenvalue weighted by Crippen LogP contribution is -2.21. The number of aryl methyl sites for hydroxylation is 1. The Morgan fingerprint density at radius 3 is 2.29 bits per heavy atom. The number of carbonyl (C=O) groups is 1. The molecule has 0 saturated carbocycles. The molecule has 3 aromatic rings. The van der Waals surface area contributed by atoms with Crippen LogP contribution in [0.1, 0.15) is 16.7 Å². The zero-order chi connectivity index (χ0) is 24.9. The fraction of sp³-hybridized carbons (Fsp3) is 0.0870. The molecule has 0 aliphatic rings. The van der Waals surface area contributed by atoms with Crippen molar-refractivity contribution < 1.29 is 22.7 Å². The summed E-state index contributed by atoms with van der Waals surface area (Å²) in [7, 11) is -3.86. The third-order valence-corrected chi connectivity index (χ3v) is 5.60. The third kappa shape index (κ3) is 6.24. The molecule has 9 nitrogen and oxygen atoms in total. The quantitative estimate of drug-likeness (QED) is 0.503. The second-order valence-corrected chi connectivity index (χ2v) is 9.02. The van der Waals surface area contributed by atoms with E-state index in [4.69, 9.17) is 36.7 Å². The Balaban J connectivity index is 1.74. The topological polar surface area (TPSA) is 155 Å². The molecule has 0 heterocycles. The lowest BCUT2D eigenvalue weighted by molar-refractivity contribution is -0.118. The normalized spacial score (nSPS) is 10.6. The minimum atomic E-state index is -3.86. The van der Waals surface area contributed by atoms with Crippen molar-refractivity contribution in [3.05, 3.63) is 76.3 Å². The van der Waals surface area contributed by atoms with Gasteiger partial charge < -0.3 is 14.8 Å². The van der Waals surface area contributed by atoms with Crippen LogP contribution < -0.4 is 19.9 Å². The lowest BCUT2D eigenvalue weighted by atomic mass is 10.1. The van der Waals surface area contributed by atoms with Crippen molar-refractivity contribution in [3.63, 3.8) is 0 Å². The van der Waals surface area contributed by atoms with Gasteiger partial charge >= 0.3 is 0 Å². The van der Waals surface area contributed by atoms with E-state index in [1.54, 1.807) is 13.0 Å². The van der Waals surface area contributed by atoms with E-state index in [-0.39, 0.29) is 33.3 Å². The first-order valence-electron chi connectivity index (χ1n) is 9.58. The number of nitriles is 2. The van der Waals surface area contributed by atoms with Crippen LogP contribution in [0.25, 0.3) is 0 Å². The highest BCUT2D eigenvalue weighted by Gasteiger charge is 2.14. The fourth-order valence-corrected chi connectivity index (χ4v) is 3.64. The van der Waals surface area contributed by atoms with E-state index in [1.165, 1.54) is 48.5 Å². The molecule has 11 heteroatoms. The summed E-state index contributed by atoms with van der Waals surface area (Å²) >= 11 is 6.06. The average Bonchev–Trinajstić information content (AvgIpc) is 2.78. The summed E-state index contributed by atoms with van der Waals surface area (Å²) in [5, 5.41) is 26.4. The first-order chi connectivity index (χ1) is 16.1. The molecule has 3 rings (SSSR count). The van der Waals surface area contributed by atoms with Crippen LogP contribution in [0.3, 0.4) is 0 Å². The number of hydrogen-bond acceptors (Lipinski definition) is 7. The van der Waals surface area contributed by atoms with Crippen molar-refractivity contribution in [2.45, 2.75) is 11.8 Å². The van der Waals surface area contributed by atoms with E-state index in [0.717, 1.165) is 0 Å². The number of nitrogens with zero attached hydrogens (tertiary/aromatic N) is 2. The van der Waals surface area contributed by atoms with Crippen LogP contribution in [0.4, 0.5) is 5.69 Å². The van der Waals surface area contributed by atoms with Gasteiger partial charge in [-0.3, -0.25) is 4.79 Å². The van der Waals surface area contributed by atoms with Crippen molar-refractivity contribution in [2.24, 2.45) is 5.14 Å². The second-order valence-electron chi connectivity index (χ2n) is 7.02. The number of nitrogens with one attached hydrogen (secondary N) is 1. The van der Waals surface area contributed by atoms with Crippen LogP contribution in [-0.4, -0.2) is 20.9 Å². The van der Waals surface area contributed by atoms with E-state index >= 15 is 0 Å². The summed E-state index contributed by atoms with van der Waals surface area (Å²) in [6.45, 7) is 1.23. The number of primary sulfonamides is 1. The minimum absolute atomic E-state index is 0.0674. The van der Waals surface area contributed by atoms with Crippen molar-refractivity contribution in [2.75, 3.05) is 11.9 Å². The number of hydrogen-bond donors (Lipinski definition) is 2. The number of halogens is 1. The molecule has 0 atom stereocenters. The summed E-state index contributed by atoms with van der Waals surface area (Å²) in [5.41, 5.74) is 1.37. The molecule has 3 N–H and O–H groups in total. The van der Waals surface area contributed by atoms with Gasteiger partial charge in [0.15, 0.2) is 18.1 Å². The molecule has 34 heavy (non-hydrogen) atoms. The molecule has 0 spiro atoms. The first-order valence-corrected chi connectivity index (χ1v) is 11.5. The Morgan fingerprint density at radius 2 is 1.71 bits per heavy atom. The monoisotopic (exact) mass is 496 g/mol. The van der Waals surface area contributed by atoms with Gasteiger partial charge in [-0.05, 0) is 61.0 Å². The number of rotatable bonds is 7. The number of amides is 1. The van der Waals surface area contributed by atoms with E-state index in [0.29, 0.717) is 16.3 Å². The maximum absolute atomic E-state index is 12.4. The van der Waals surface area contributed by atoms with Crippen molar-refractivity contribution in [1.82, 2.24) is 0 Å². The average molecular weight is 497 g/mol. The highest BCUT2D eigenvalue weighted by Crippen LogP contribution is 2.35. The van der Waals surface area contributed by atoms with Gasteiger partial charge in [0.1, 0.15) is 5.75 Å². The highest BCUT2D eigenvalue weighted by molar-refractivity contribution is 7.89. The summed E-state index contributed by atoms with van der Waals surface area (Å²) < 4.78 is 34.3. The maximum atomic E-state index is 12.4. The van der Waals surface area contributed by atoms with Crippen LogP contribution in [-0.2, 0) is 14.8 Å². The van der Waals surface area contributed by atoms with Gasteiger partial charge in [0, 0.05) is 16.8 Å². The summed E-state index contributed by atoms with van der Waals surface area (Å²) in [4.78, 5) is 12.3. The molecule has 0 aliphatic heterocycles. The molecule has 3 aromatic carbocycles. The second kappa shape index (κ2) is 10.2. The van der Waals surface area contributed by atoms with Crippen LogP contribution in [0, 0.1) is 29.6 Å². The Labute approximate surface area is 200 Å². The van der Waals surface area contributed by atoms with Crippen LogP contribution >= 0.6 is 11.6 Å². The van der Waals surface area contributed by atoms with Crippen LogP contribution in [0.5, 0.6) is 17.2 Å². The number of carbonyl (C=O) groups excluding carboxylic acids is 1. The van der Waals surface area contributed by atoms with E-state index in [1.807, 2.05) is 12.1 Å². The molecular formula is C23H17ClN4O5S. The number of sulfonamides is 1. The van der Waals surface area contributed by atoms with Gasteiger partial charge in [0.25, 0.3) is 5.91 Å². The molecule has 0 saturated heterocycles. The fourth-order valence-electron chi connectivity index (χ4n) is 2.88. The zero-order valence-corrected chi connectivity index (χ0v) is 19.3. The summed E-state index contributed by atoms with van der Waals surface area (Å²) in [5.74, 6) is 0.0815. The Kier molecular flexibility index (Phi) is 7.39. The molecule has 0 aliphatic carbocycles. The molecule has 0 fully saturated rings. The van der Waals surface area contributed by atoms with Crippen LogP contribution in [0.15, 0.2) is 59.5 Å². The number of nitrogens with two attached hydrogens (primary N) is 1. The Morgan fingerprint density at radius 1 is 1.03 bits per heavy atom. The van der Waals surface area contributed by atoms with Gasteiger partial charge in [0.2, 0.25) is 10.0 Å². The Hall–Kier alpha value is -4.09. The molecule has 0 bridgehead atoms. The van der Waals surface area contributed by atoms with E-state index < -0.39 is 22.5 Å². The standard InChI is InChI=1S/C23H17ClN4O5S/c1-14-6-19(34(27,30)31)3-4-20(14)28-23(29)13-32-21-5-2-17(24)10-22(21)33-18-8-15(11-25)7-16(9-18)12-26/h2-10H,13H2,1H3,(H,28,29)(H2,27,30,31). The van der Waals surface area contributed by atoms with Crippen molar-refractivity contribution in [3.8, 4) is 29.4 Å². The molecule has 1 amide bonds. The number of anilines is 1. The van der Waals surface area contributed by atoms with Gasteiger partial charge in [-0.15, -0.1) is 0 Å². The van der Waals surface area contributed by atoms with Crippen molar-refractivity contribution in [1.29, 1.82) is 10.5 Å². The smallest absolute Gasteiger partial charge is 0.262 e. The van der Waals surface area contributed by atoms with Gasteiger partial charge in [-0.1, -0.05) is 11.6 Å². The van der Waals surface area contributed by atoms with Gasteiger partial charge in [0.05, 0.1) is 28.2 Å². The maximum Gasteiger partial charge on any atom is 0.262 e. The predicted molar refractivity (Wildman–Crippen MR) is 124 cm³/mol. The molecule has 0 radical (unpaired) electrons.